The number of benzene rings is 2. The number of sulfonamides is 1. The smallest absolute Gasteiger partial charge is 0.241 e. The zero-order chi connectivity index (χ0) is 16.2. The monoisotopic (exact) mass is 315 g/mol. The third-order valence-electron chi connectivity index (χ3n) is 3.26. The standard InChI is InChI=1S/C17H17NO3S/c1-13-8-10-16(11-9-13)22(20,21)18-17(14(2)12-19)15-6-4-3-5-7-15/h3-12,17-18H,2H2,1H3/t17-/m0/s1. The van der Waals surface area contributed by atoms with Gasteiger partial charge in [0, 0.05) is 5.57 Å². The molecule has 0 amide bonds. The Bertz CT molecular complexity index is 765. The van der Waals surface area contributed by atoms with Crippen LogP contribution in [0.5, 0.6) is 0 Å². The fraction of sp³-hybridized carbons (Fsp3) is 0.118. The molecule has 22 heavy (non-hydrogen) atoms. The normalized spacial score (nSPS) is 12.6. The first kappa shape index (κ1) is 16.1. The van der Waals surface area contributed by atoms with Gasteiger partial charge in [-0.2, -0.15) is 4.72 Å². The van der Waals surface area contributed by atoms with Crippen LogP contribution in [0.1, 0.15) is 17.2 Å². The van der Waals surface area contributed by atoms with Gasteiger partial charge in [0.05, 0.1) is 10.9 Å². The maximum absolute atomic E-state index is 12.5. The molecule has 2 rings (SSSR count). The summed E-state index contributed by atoms with van der Waals surface area (Å²) in [5.74, 6) is 0. The van der Waals surface area contributed by atoms with Crippen molar-refractivity contribution in [3.63, 3.8) is 0 Å². The number of rotatable bonds is 6. The molecule has 0 aliphatic carbocycles. The molecule has 0 aliphatic rings. The summed E-state index contributed by atoms with van der Waals surface area (Å²) in [6.45, 7) is 5.53. The number of aldehydes is 1. The van der Waals surface area contributed by atoms with E-state index in [1.165, 1.54) is 12.1 Å². The van der Waals surface area contributed by atoms with Crippen LogP contribution in [0.2, 0.25) is 0 Å². The topological polar surface area (TPSA) is 63.2 Å². The van der Waals surface area contributed by atoms with Crippen molar-refractivity contribution in [2.45, 2.75) is 17.9 Å². The summed E-state index contributed by atoms with van der Waals surface area (Å²) in [6, 6.07) is 14.6. The Morgan fingerprint density at radius 1 is 1.09 bits per heavy atom. The van der Waals surface area contributed by atoms with Crippen LogP contribution in [0, 0.1) is 6.92 Å². The predicted octanol–water partition coefficient (Wildman–Crippen LogP) is 2.77. The van der Waals surface area contributed by atoms with Crippen molar-refractivity contribution >= 4 is 16.3 Å². The van der Waals surface area contributed by atoms with E-state index in [2.05, 4.69) is 11.3 Å². The van der Waals surface area contributed by atoms with Crippen LogP contribution in [-0.4, -0.2) is 14.7 Å². The summed E-state index contributed by atoms with van der Waals surface area (Å²) in [4.78, 5) is 11.2. The van der Waals surface area contributed by atoms with E-state index in [4.69, 9.17) is 0 Å². The van der Waals surface area contributed by atoms with Gasteiger partial charge < -0.3 is 0 Å². The van der Waals surface area contributed by atoms with Gasteiger partial charge in [-0.1, -0.05) is 54.6 Å². The van der Waals surface area contributed by atoms with Gasteiger partial charge in [0.15, 0.2) is 0 Å². The number of carbonyl (C=O) groups excluding carboxylic acids is 1. The van der Waals surface area contributed by atoms with Crippen LogP contribution >= 0.6 is 0 Å². The van der Waals surface area contributed by atoms with Crippen molar-refractivity contribution in [2.75, 3.05) is 0 Å². The summed E-state index contributed by atoms with van der Waals surface area (Å²) in [6.07, 6.45) is 0.565. The van der Waals surface area contributed by atoms with Gasteiger partial charge >= 0.3 is 0 Å². The second kappa shape index (κ2) is 6.68. The minimum atomic E-state index is -3.75. The molecule has 0 saturated carbocycles. The highest BCUT2D eigenvalue weighted by molar-refractivity contribution is 7.89. The third kappa shape index (κ3) is 3.69. The minimum absolute atomic E-state index is 0.151. The van der Waals surface area contributed by atoms with Gasteiger partial charge in [0.2, 0.25) is 10.0 Å². The van der Waals surface area contributed by atoms with Crippen LogP contribution in [0.3, 0.4) is 0 Å². The highest BCUT2D eigenvalue weighted by Gasteiger charge is 2.23. The Kier molecular flexibility index (Phi) is 4.90. The summed E-state index contributed by atoms with van der Waals surface area (Å²) in [7, 11) is -3.75. The van der Waals surface area contributed by atoms with Gasteiger partial charge in [0.1, 0.15) is 6.29 Å². The quantitative estimate of drug-likeness (QED) is 0.658. The molecule has 0 bridgehead atoms. The van der Waals surface area contributed by atoms with Gasteiger partial charge in [-0.15, -0.1) is 0 Å². The maximum atomic E-state index is 12.5. The van der Waals surface area contributed by atoms with Crippen LogP contribution in [0.15, 0.2) is 71.6 Å². The molecule has 4 nitrogen and oxygen atoms in total. The number of carbonyl (C=O) groups is 1. The van der Waals surface area contributed by atoms with Crippen molar-refractivity contribution in [3.05, 3.63) is 77.9 Å². The van der Waals surface area contributed by atoms with E-state index >= 15 is 0 Å². The van der Waals surface area contributed by atoms with E-state index in [1.54, 1.807) is 36.4 Å². The number of aryl methyl sites for hydroxylation is 1. The first-order valence-corrected chi connectivity index (χ1v) is 8.20. The van der Waals surface area contributed by atoms with Crippen molar-refractivity contribution in [1.29, 1.82) is 0 Å². The fourth-order valence-corrected chi connectivity index (χ4v) is 3.24. The van der Waals surface area contributed by atoms with Gasteiger partial charge in [-0.25, -0.2) is 8.42 Å². The second-order valence-electron chi connectivity index (χ2n) is 4.97. The predicted molar refractivity (Wildman–Crippen MR) is 85.9 cm³/mol. The van der Waals surface area contributed by atoms with Crippen molar-refractivity contribution in [2.24, 2.45) is 0 Å². The second-order valence-corrected chi connectivity index (χ2v) is 6.68. The molecule has 0 spiro atoms. The summed E-state index contributed by atoms with van der Waals surface area (Å²) in [5, 5.41) is 0. The SMILES string of the molecule is C=C(C=O)[C@H](NS(=O)(=O)c1ccc(C)cc1)c1ccccc1. The Hall–Kier alpha value is -2.24. The van der Waals surface area contributed by atoms with Crippen molar-refractivity contribution in [1.82, 2.24) is 4.72 Å². The Balaban J connectivity index is 2.36. The molecular formula is C17H17NO3S. The van der Waals surface area contributed by atoms with E-state index in [1.807, 2.05) is 13.0 Å². The molecule has 2 aromatic rings. The van der Waals surface area contributed by atoms with Crippen LogP contribution in [0.4, 0.5) is 0 Å². The number of nitrogens with one attached hydrogen (secondary N) is 1. The molecule has 0 radical (unpaired) electrons. The fourth-order valence-electron chi connectivity index (χ4n) is 2.01. The zero-order valence-electron chi connectivity index (χ0n) is 12.2. The van der Waals surface area contributed by atoms with Crippen LogP contribution in [0.25, 0.3) is 0 Å². The molecule has 5 heteroatoms. The van der Waals surface area contributed by atoms with Gasteiger partial charge in [0.25, 0.3) is 0 Å². The van der Waals surface area contributed by atoms with E-state index in [9.17, 15) is 13.2 Å². The number of hydrogen-bond donors (Lipinski definition) is 1. The molecule has 0 fully saturated rings. The van der Waals surface area contributed by atoms with Gasteiger partial charge in [-0.3, -0.25) is 4.79 Å². The highest BCUT2D eigenvalue weighted by atomic mass is 32.2. The Labute approximate surface area is 130 Å². The largest absolute Gasteiger partial charge is 0.298 e. The molecule has 0 aliphatic heterocycles. The lowest BCUT2D eigenvalue weighted by molar-refractivity contribution is -0.105. The average Bonchev–Trinajstić information content (AvgIpc) is 2.53. The minimum Gasteiger partial charge on any atom is -0.298 e. The van der Waals surface area contributed by atoms with Gasteiger partial charge in [-0.05, 0) is 24.6 Å². The van der Waals surface area contributed by atoms with Crippen molar-refractivity contribution < 1.29 is 13.2 Å². The third-order valence-corrected chi connectivity index (χ3v) is 4.70. The lowest BCUT2D eigenvalue weighted by Crippen LogP contribution is -2.30. The summed E-state index contributed by atoms with van der Waals surface area (Å²) >= 11 is 0. The molecule has 0 aromatic heterocycles. The molecule has 2 aromatic carbocycles. The average molecular weight is 315 g/mol. The molecule has 0 unspecified atom stereocenters. The zero-order valence-corrected chi connectivity index (χ0v) is 13.0. The van der Waals surface area contributed by atoms with E-state index < -0.39 is 16.1 Å². The van der Waals surface area contributed by atoms with E-state index in [0.717, 1.165) is 5.56 Å². The molecule has 1 atom stereocenters. The molecular weight excluding hydrogens is 298 g/mol. The Morgan fingerprint density at radius 2 is 1.68 bits per heavy atom. The first-order chi connectivity index (χ1) is 10.4. The lowest BCUT2D eigenvalue weighted by Gasteiger charge is -2.18. The Morgan fingerprint density at radius 3 is 2.23 bits per heavy atom. The lowest BCUT2D eigenvalue weighted by atomic mass is 10.0. The van der Waals surface area contributed by atoms with Crippen LogP contribution in [-0.2, 0) is 14.8 Å². The van der Waals surface area contributed by atoms with E-state index in [0.29, 0.717) is 11.8 Å². The van der Waals surface area contributed by atoms with Crippen LogP contribution < -0.4 is 4.72 Å². The molecule has 0 saturated heterocycles. The van der Waals surface area contributed by atoms with E-state index in [-0.39, 0.29) is 10.5 Å². The molecule has 1 N–H and O–H groups in total. The highest BCUT2D eigenvalue weighted by Crippen LogP contribution is 2.22. The van der Waals surface area contributed by atoms with Crippen molar-refractivity contribution in [3.8, 4) is 0 Å². The molecule has 114 valence electrons. The number of hydrogen-bond acceptors (Lipinski definition) is 3. The summed E-state index contributed by atoms with van der Waals surface area (Å²) < 4.78 is 27.5. The maximum Gasteiger partial charge on any atom is 0.241 e. The first-order valence-electron chi connectivity index (χ1n) is 6.72. The molecule has 0 heterocycles. The summed E-state index contributed by atoms with van der Waals surface area (Å²) in [5.41, 5.74) is 1.79.